The van der Waals surface area contributed by atoms with Crippen LogP contribution in [0.3, 0.4) is 0 Å². The van der Waals surface area contributed by atoms with Gasteiger partial charge < -0.3 is 9.80 Å². The van der Waals surface area contributed by atoms with Gasteiger partial charge in [-0.2, -0.15) is 0 Å². The van der Waals surface area contributed by atoms with E-state index in [1.165, 1.54) is 57.7 Å². The van der Waals surface area contributed by atoms with E-state index in [1.54, 1.807) is 0 Å². The van der Waals surface area contributed by atoms with Crippen molar-refractivity contribution in [2.75, 3.05) is 31.1 Å². The Hall–Kier alpha value is -1.99. The summed E-state index contributed by atoms with van der Waals surface area (Å²) in [5.74, 6) is 2.60. The molecule has 1 aliphatic heterocycles. The van der Waals surface area contributed by atoms with E-state index in [0.29, 0.717) is 5.92 Å². The van der Waals surface area contributed by atoms with Crippen molar-refractivity contribution in [3.05, 3.63) is 38.7 Å². The summed E-state index contributed by atoms with van der Waals surface area (Å²) < 4.78 is 0. The molecule has 1 unspecified atom stereocenters. The number of rotatable bonds is 4. The minimum absolute atomic E-state index is 0.159. The molecule has 31 heavy (non-hydrogen) atoms. The van der Waals surface area contributed by atoms with Gasteiger partial charge in [0.25, 0.3) is 5.91 Å². The molecule has 0 N–H and O–H groups in total. The van der Waals surface area contributed by atoms with E-state index in [9.17, 15) is 4.79 Å². The van der Waals surface area contributed by atoms with Crippen molar-refractivity contribution in [3.8, 4) is 0 Å². The topological polar surface area (TPSA) is 49.3 Å². The van der Waals surface area contributed by atoms with Crippen LogP contribution in [0.4, 0.5) is 5.82 Å². The number of carbonyl (C=O) groups is 1. The average molecular weight is 455 g/mol. The van der Waals surface area contributed by atoms with Crippen LogP contribution in [0, 0.1) is 0 Å². The molecule has 3 aromatic heterocycles. The molecule has 0 saturated carbocycles. The lowest BCUT2D eigenvalue weighted by Gasteiger charge is -2.36. The van der Waals surface area contributed by atoms with Gasteiger partial charge in [0.05, 0.1) is 10.3 Å². The minimum atomic E-state index is 0.159. The van der Waals surface area contributed by atoms with Gasteiger partial charge in [0.1, 0.15) is 16.5 Å². The molecule has 2 aliphatic rings. The molecule has 1 saturated heterocycles. The zero-order valence-corrected chi connectivity index (χ0v) is 20.0. The van der Waals surface area contributed by atoms with Gasteiger partial charge in [-0.3, -0.25) is 4.79 Å². The monoisotopic (exact) mass is 454 g/mol. The first-order chi connectivity index (χ1) is 15.2. The second-order valence-electron chi connectivity index (χ2n) is 8.72. The first-order valence-corrected chi connectivity index (χ1v) is 13.2. The van der Waals surface area contributed by atoms with Crippen LogP contribution in [0.15, 0.2) is 17.5 Å². The van der Waals surface area contributed by atoms with Crippen LogP contribution in [-0.2, 0) is 12.8 Å². The number of anilines is 1. The van der Waals surface area contributed by atoms with Gasteiger partial charge in [0, 0.05) is 37.0 Å². The van der Waals surface area contributed by atoms with Crippen molar-refractivity contribution in [2.24, 2.45) is 0 Å². The zero-order chi connectivity index (χ0) is 21.4. The van der Waals surface area contributed by atoms with Gasteiger partial charge >= 0.3 is 0 Å². The molecule has 0 spiro atoms. The van der Waals surface area contributed by atoms with Crippen molar-refractivity contribution in [3.63, 3.8) is 0 Å². The Bertz CT molecular complexity index is 1070. The molecule has 5 nitrogen and oxygen atoms in total. The van der Waals surface area contributed by atoms with Crippen LogP contribution in [0.25, 0.3) is 10.2 Å². The third-order valence-electron chi connectivity index (χ3n) is 6.71. The Balaban J connectivity index is 1.48. The van der Waals surface area contributed by atoms with E-state index in [2.05, 4.69) is 18.7 Å². The van der Waals surface area contributed by atoms with Crippen LogP contribution in [0.2, 0.25) is 0 Å². The number of piperazine rings is 1. The van der Waals surface area contributed by atoms with Gasteiger partial charge in [-0.05, 0) is 49.1 Å². The molecule has 1 fully saturated rings. The maximum absolute atomic E-state index is 12.8. The highest BCUT2D eigenvalue weighted by Gasteiger charge is 2.28. The highest BCUT2D eigenvalue weighted by atomic mass is 32.1. The zero-order valence-electron chi connectivity index (χ0n) is 18.4. The number of hydrogen-bond acceptors (Lipinski definition) is 6. The summed E-state index contributed by atoms with van der Waals surface area (Å²) >= 11 is 3.42. The Kier molecular flexibility index (Phi) is 5.97. The highest BCUT2D eigenvalue weighted by Crippen LogP contribution is 2.40. The Morgan fingerprint density at radius 1 is 1.13 bits per heavy atom. The van der Waals surface area contributed by atoms with Gasteiger partial charge in [0.15, 0.2) is 0 Å². The maximum atomic E-state index is 12.8. The van der Waals surface area contributed by atoms with E-state index in [0.717, 1.165) is 55.5 Å². The molecule has 3 aromatic rings. The number of fused-ring (bicyclic) bond motifs is 3. The van der Waals surface area contributed by atoms with Crippen LogP contribution in [0.1, 0.15) is 71.4 Å². The number of nitrogens with zero attached hydrogens (tertiary/aromatic N) is 4. The molecule has 7 heteroatoms. The molecule has 1 amide bonds. The van der Waals surface area contributed by atoms with Gasteiger partial charge in [-0.1, -0.05) is 26.3 Å². The number of aromatic nitrogens is 2. The van der Waals surface area contributed by atoms with Gasteiger partial charge in [-0.25, -0.2) is 9.97 Å². The van der Waals surface area contributed by atoms with Gasteiger partial charge in [0.2, 0.25) is 0 Å². The number of thiophene rings is 2. The van der Waals surface area contributed by atoms with Crippen molar-refractivity contribution in [2.45, 2.75) is 58.3 Å². The first kappa shape index (κ1) is 20.9. The van der Waals surface area contributed by atoms with Crippen LogP contribution in [-0.4, -0.2) is 47.0 Å². The third kappa shape index (κ3) is 3.98. The predicted molar refractivity (Wildman–Crippen MR) is 130 cm³/mol. The summed E-state index contributed by atoms with van der Waals surface area (Å²) in [7, 11) is 0. The van der Waals surface area contributed by atoms with E-state index >= 15 is 0 Å². The molecule has 164 valence electrons. The van der Waals surface area contributed by atoms with Crippen LogP contribution >= 0.6 is 22.7 Å². The molecule has 1 atom stereocenters. The summed E-state index contributed by atoms with van der Waals surface area (Å²) in [4.78, 5) is 30.9. The molecule has 5 rings (SSSR count). The normalized spacial score (nSPS) is 18.1. The highest BCUT2D eigenvalue weighted by molar-refractivity contribution is 7.19. The Morgan fingerprint density at radius 3 is 2.68 bits per heavy atom. The van der Waals surface area contributed by atoms with Crippen molar-refractivity contribution < 1.29 is 4.79 Å². The van der Waals surface area contributed by atoms with E-state index in [4.69, 9.17) is 9.97 Å². The summed E-state index contributed by atoms with van der Waals surface area (Å²) in [6.45, 7) is 7.57. The summed E-state index contributed by atoms with van der Waals surface area (Å²) in [6, 6.07) is 3.87. The lowest BCUT2D eigenvalue weighted by Crippen LogP contribution is -2.49. The third-order valence-corrected chi connectivity index (χ3v) is 8.76. The predicted octanol–water partition coefficient (Wildman–Crippen LogP) is 5.50. The van der Waals surface area contributed by atoms with Crippen LogP contribution in [0.5, 0.6) is 0 Å². The number of carbonyl (C=O) groups excluding carboxylic acids is 1. The van der Waals surface area contributed by atoms with E-state index in [1.807, 2.05) is 33.7 Å². The van der Waals surface area contributed by atoms with E-state index in [-0.39, 0.29) is 5.91 Å². The van der Waals surface area contributed by atoms with Crippen molar-refractivity contribution in [1.29, 1.82) is 0 Å². The van der Waals surface area contributed by atoms with Crippen molar-refractivity contribution >= 4 is 44.6 Å². The smallest absolute Gasteiger partial charge is 0.264 e. The lowest BCUT2D eigenvalue weighted by atomic mass is 10.1. The molecule has 0 bridgehead atoms. The summed E-state index contributed by atoms with van der Waals surface area (Å²) in [5, 5.41) is 3.27. The number of aryl methyl sites for hydroxylation is 2. The number of amides is 1. The van der Waals surface area contributed by atoms with Crippen molar-refractivity contribution in [1.82, 2.24) is 14.9 Å². The summed E-state index contributed by atoms with van der Waals surface area (Å²) in [5.41, 5.74) is 1.50. The van der Waals surface area contributed by atoms with Crippen LogP contribution < -0.4 is 4.90 Å². The van der Waals surface area contributed by atoms with Gasteiger partial charge in [-0.15, -0.1) is 22.7 Å². The SMILES string of the molecule is CCC(C)c1nc(N2CCN(C(=O)c3cccs3)CC2)c2c3c(sc2n1)CCCCC3. The molecule has 4 heterocycles. The minimum Gasteiger partial charge on any atom is -0.352 e. The first-order valence-electron chi connectivity index (χ1n) is 11.6. The molecular formula is C24H30N4OS2. The molecule has 1 aliphatic carbocycles. The van der Waals surface area contributed by atoms with E-state index < -0.39 is 0 Å². The molecule has 0 radical (unpaired) electrons. The summed E-state index contributed by atoms with van der Waals surface area (Å²) in [6.07, 6.45) is 7.22. The molecule has 0 aromatic carbocycles. The fourth-order valence-corrected chi connectivity index (χ4v) is 6.59. The Morgan fingerprint density at radius 2 is 1.94 bits per heavy atom. The second-order valence-corrected chi connectivity index (χ2v) is 10.7. The second kappa shape index (κ2) is 8.87. The Labute approximate surface area is 192 Å². The fourth-order valence-electron chi connectivity index (χ4n) is 4.64. The standard InChI is InChI=1S/C24H30N4OS2/c1-3-16(2)21-25-22(20-17-8-5-4-6-9-18(17)31-23(20)26-21)27-11-13-28(14-12-27)24(29)19-10-7-15-30-19/h7,10,15-16H,3-6,8-9,11-14H2,1-2H3. The lowest BCUT2D eigenvalue weighted by molar-refractivity contribution is 0.0751. The number of hydrogen-bond donors (Lipinski definition) is 0. The quantitative estimate of drug-likeness (QED) is 0.489. The maximum Gasteiger partial charge on any atom is 0.264 e. The fraction of sp³-hybridized carbons (Fsp3) is 0.542. The largest absolute Gasteiger partial charge is 0.352 e. The molecular weight excluding hydrogens is 424 g/mol. The average Bonchev–Trinajstić information content (AvgIpc) is 3.40.